The minimum Gasteiger partial charge on any atom is -0.274 e. The Labute approximate surface area is 111 Å². The maximum atomic E-state index is 13.2. The van der Waals surface area contributed by atoms with E-state index in [1.165, 1.54) is 16.8 Å². The average Bonchev–Trinajstić information content (AvgIpc) is 2.60. The second-order valence-electron chi connectivity index (χ2n) is 4.35. The third-order valence-corrected chi connectivity index (χ3v) is 4.31. The fourth-order valence-electron chi connectivity index (χ4n) is 1.98. The van der Waals surface area contributed by atoms with Crippen molar-refractivity contribution in [3.63, 3.8) is 0 Å². The SMILES string of the molecule is Cc1cc(F)cc(C)c1S(=O)(=O)Nc1ccn(C)n1. The molecule has 2 aromatic rings. The van der Waals surface area contributed by atoms with E-state index in [0.717, 1.165) is 0 Å². The lowest BCUT2D eigenvalue weighted by molar-refractivity contribution is 0.597. The lowest BCUT2D eigenvalue weighted by Crippen LogP contribution is -2.16. The maximum Gasteiger partial charge on any atom is 0.263 e. The fourth-order valence-corrected chi connectivity index (χ4v) is 3.43. The van der Waals surface area contributed by atoms with Crippen LogP contribution in [-0.4, -0.2) is 18.2 Å². The van der Waals surface area contributed by atoms with Gasteiger partial charge >= 0.3 is 0 Å². The highest BCUT2D eigenvalue weighted by atomic mass is 32.2. The second kappa shape index (κ2) is 4.65. The van der Waals surface area contributed by atoms with Crippen LogP contribution in [0.4, 0.5) is 10.2 Å². The first kappa shape index (κ1) is 13.5. The number of nitrogens with one attached hydrogen (secondary N) is 1. The lowest BCUT2D eigenvalue weighted by Gasteiger charge is -2.11. The van der Waals surface area contributed by atoms with Crippen LogP contribution in [0, 0.1) is 19.7 Å². The van der Waals surface area contributed by atoms with Crippen molar-refractivity contribution >= 4 is 15.8 Å². The molecule has 0 fully saturated rings. The van der Waals surface area contributed by atoms with E-state index < -0.39 is 15.8 Å². The van der Waals surface area contributed by atoms with E-state index in [1.54, 1.807) is 33.2 Å². The van der Waals surface area contributed by atoms with Gasteiger partial charge < -0.3 is 0 Å². The minimum absolute atomic E-state index is 0.0829. The van der Waals surface area contributed by atoms with Gasteiger partial charge in [-0.25, -0.2) is 12.8 Å². The smallest absolute Gasteiger partial charge is 0.263 e. The van der Waals surface area contributed by atoms with E-state index in [-0.39, 0.29) is 10.7 Å². The average molecular weight is 283 g/mol. The van der Waals surface area contributed by atoms with Crippen LogP contribution in [0.3, 0.4) is 0 Å². The fraction of sp³-hybridized carbons (Fsp3) is 0.250. The number of nitrogens with zero attached hydrogens (tertiary/aromatic N) is 2. The first-order valence-corrected chi connectivity index (χ1v) is 7.07. The molecule has 0 spiro atoms. The van der Waals surface area contributed by atoms with Crippen molar-refractivity contribution in [2.75, 3.05) is 4.72 Å². The molecule has 102 valence electrons. The first-order valence-electron chi connectivity index (χ1n) is 5.59. The van der Waals surface area contributed by atoms with E-state index in [9.17, 15) is 12.8 Å². The number of benzene rings is 1. The van der Waals surface area contributed by atoms with Gasteiger partial charge in [-0.1, -0.05) is 0 Å². The summed E-state index contributed by atoms with van der Waals surface area (Å²) in [6.07, 6.45) is 1.63. The van der Waals surface area contributed by atoms with Gasteiger partial charge in [0.2, 0.25) is 0 Å². The molecule has 19 heavy (non-hydrogen) atoms. The van der Waals surface area contributed by atoms with Crippen LogP contribution in [0.15, 0.2) is 29.3 Å². The van der Waals surface area contributed by atoms with Crippen molar-refractivity contribution in [2.24, 2.45) is 7.05 Å². The van der Waals surface area contributed by atoms with Gasteiger partial charge in [0.05, 0.1) is 4.90 Å². The molecule has 5 nitrogen and oxygen atoms in total. The Morgan fingerprint density at radius 1 is 1.26 bits per heavy atom. The van der Waals surface area contributed by atoms with Gasteiger partial charge in [0.25, 0.3) is 10.0 Å². The zero-order valence-corrected chi connectivity index (χ0v) is 11.6. The number of halogens is 1. The molecule has 0 saturated heterocycles. The quantitative estimate of drug-likeness (QED) is 0.936. The van der Waals surface area contributed by atoms with E-state index in [0.29, 0.717) is 11.1 Å². The van der Waals surface area contributed by atoms with Crippen LogP contribution in [0.2, 0.25) is 0 Å². The van der Waals surface area contributed by atoms with Gasteiger partial charge in [0.15, 0.2) is 5.82 Å². The Hall–Kier alpha value is -1.89. The zero-order valence-electron chi connectivity index (χ0n) is 10.8. The number of aromatic nitrogens is 2. The number of hydrogen-bond acceptors (Lipinski definition) is 3. The topological polar surface area (TPSA) is 64.0 Å². The normalized spacial score (nSPS) is 11.6. The molecule has 7 heteroatoms. The summed E-state index contributed by atoms with van der Waals surface area (Å²) in [5.41, 5.74) is 0.724. The highest BCUT2D eigenvalue weighted by Gasteiger charge is 2.21. The van der Waals surface area contributed by atoms with Crippen molar-refractivity contribution in [3.8, 4) is 0 Å². The predicted octanol–water partition coefficient (Wildman–Crippen LogP) is 1.98. The number of rotatable bonds is 3. The molecule has 1 heterocycles. The first-order chi connectivity index (χ1) is 8.79. The summed E-state index contributed by atoms with van der Waals surface area (Å²) in [7, 11) is -2.08. The molecule has 0 unspecified atom stereocenters. The highest BCUT2D eigenvalue weighted by Crippen LogP contribution is 2.23. The molecule has 0 saturated carbocycles. The summed E-state index contributed by atoms with van der Waals surface area (Å²) in [6, 6.07) is 3.94. The number of aryl methyl sites for hydroxylation is 3. The summed E-state index contributed by atoms with van der Waals surface area (Å²) >= 11 is 0. The van der Waals surface area contributed by atoms with Crippen LogP contribution in [-0.2, 0) is 17.1 Å². The number of anilines is 1. The Bertz CT molecular complexity index is 699. The second-order valence-corrected chi connectivity index (χ2v) is 5.97. The Morgan fingerprint density at radius 2 is 1.84 bits per heavy atom. The van der Waals surface area contributed by atoms with E-state index >= 15 is 0 Å². The summed E-state index contributed by atoms with van der Waals surface area (Å²) in [6.45, 7) is 3.12. The Balaban J connectivity index is 2.45. The Morgan fingerprint density at radius 3 is 2.32 bits per heavy atom. The third-order valence-electron chi connectivity index (χ3n) is 2.65. The summed E-state index contributed by atoms with van der Waals surface area (Å²) in [5, 5.41) is 3.95. The van der Waals surface area contributed by atoms with E-state index in [2.05, 4.69) is 9.82 Å². The van der Waals surface area contributed by atoms with E-state index in [1.807, 2.05) is 0 Å². The monoisotopic (exact) mass is 283 g/mol. The molecule has 0 amide bonds. The predicted molar refractivity (Wildman–Crippen MR) is 69.9 cm³/mol. The van der Waals surface area contributed by atoms with Crippen LogP contribution >= 0.6 is 0 Å². The maximum absolute atomic E-state index is 13.2. The van der Waals surface area contributed by atoms with Crippen LogP contribution in [0.25, 0.3) is 0 Å². The molecular weight excluding hydrogens is 269 g/mol. The molecule has 0 atom stereocenters. The van der Waals surface area contributed by atoms with Gasteiger partial charge in [-0.2, -0.15) is 5.10 Å². The highest BCUT2D eigenvalue weighted by molar-refractivity contribution is 7.92. The summed E-state index contributed by atoms with van der Waals surface area (Å²) in [5.74, 6) is -0.225. The molecule has 2 rings (SSSR count). The van der Waals surface area contributed by atoms with E-state index in [4.69, 9.17) is 0 Å². The van der Waals surface area contributed by atoms with Crippen molar-refractivity contribution in [1.29, 1.82) is 0 Å². The van der Waals surface area contributed by atoms with Crippen LogP contribution in [0.1, 0.15) is 11.1 Å². The molecule has 0 radical (unpaired) electrons. The van der Waals surface area contributed by atoms with Crippen molar-refractivity contribution < 1.29 is 12.8 Å². The van der Waals surface area contributed by atoms with Gasteiger partial charge in [0, 0.05) is 19.3 Å². The molecule has 1 aromatic heterocycles. The standard InChI is InChI=1S/C12H14FN3O2S/c1-8-6-10(13)7-9(2)12(8)19(17,18)15-11-4-5-16(3)14-11/h4-7H,1-3H3,(H,14,15). The third kappa shape index (κ3) is 2.76. The number of sulfonamides is 1. The largest absolute Gasteiger partial charge is 0.274 e. The van der Waals surface area contributed by atoms with Gasteiger partial charge in [0.1, 0.15) is 5.82 Å². The van der Waals surface area contributed by atoms with Gasteiger partial charge in [-0.05, 0) is 37.1 Å². The minimum atomic E-state index is -3.77. The molecule has 0 aliphatic carbocycles. The molecule has 0 aliphatic rings. The van der Waals surface area contributed by atoms with Crippen LogP contribution < -0.4 is 4.72 Å². The van der Waals surface area contributed by atoms with Gasteiger partial charge in [-0.3, -0.25) is 9.40 Å². The van der Waals surface area contributed by atoms with Crippen LogP contribution in [0.5, 0.6) is 0 Å². The summed E-state index contributed by atoms with van der Waals surface area (Å²) < 4.78 is 41.6. The van der Waals surface area contributed by atoms with Crippen molar-refractivity contribution in [1.82, 2.24) is 9.78 Å². The van der Waals surface area contributed by atoms with Crippen molar-refractivity contribution in [2.45, 2.75) is 18.7 Å². The van der Waals surface area contributed by atoms with Crippen molar-refractivity contribution in [3.05, 3.63) is 41.3 Å². The Kier molecular flexibility index (Phi) is 3.32. The zero-order chi connectivity index (χ0) is 14.2. The molecule has 0 aliphatic heterocycles. The lowest BCUT2D eigenvalue weighted by atomic mass is 10.1. The van der Waals surface area contributed by atoms with Gasteiger partial charge in [-0.15, -0.1) is 0 Å². The molecule has 0 bridgehead atoms. The number of hydrogen-bond donors (Lipinski definition) is 1. The summed E-state index contributed by atoms with van der Waals surface area (Å²) in [4.78, 5) is 0.0829. The molecule has 1 aromatic carbocycles. The molecular formula is C12H14FN3O2S. The molecule has 1 N–H and O–H groups in total.